The molecule has 0 saturated heterocycles. The number of para-hydroxylation sites is 1. The summed E-state index contributed by atoms with van der Waals surface area (Å²) in [5, 5.41) is 2.71. The summed E-state index contributed by atoms with van der Waals surface area (Å²) in [4.78, 5) is 11.4. The molecule has 0 fully saturated rings. The summed E-state index contributed by atoms with van der Waals surface area (Å²) >= 11 is 0. The molecule has 0 aromatic heterocycles. The zero-order chi connectivity index (χ0) is 9.84. The van der Waals surface area contributed by atoms with Gasteiger partial charge in [0.05, 0.1) is 5.56 Å². The zero-order valence-electron chi connectivity index (χ0n) is 7.92. The minimum absolute atomic E-state index is 0.108. The predicted octanol–water partition coefficient (Wildman–Crippen LogP) is 1.33. The van der Waals surface area contributed by atoms with Crippen LogP contribution in [-0.2, 0) is 0 Å². The lowest BCUT2D eigenvalue weighted by Crippen LogP contribution is -2.23. The highest BCUT2D eigenvalue weighted by atomic mass is 16.1. The average Bonchev–Trinajstić information content (AvgIpc) is 2.10. The Morgan fingerprint density at radius 2 is 2.23 bits per heavy atom. The second kappa shape index (κ2) is 3.94. The fourth-order valence-electron chi connectivity index (χ4n) is 1.13. The predicted molar refractivity (Wildman–Crippen MR) is 53.6 cm³/mol. The van der Waals surface area contributed by atoms with Crippen molar-refractivity contribution in [1.29, 1.82) is 0 Å². The van der Waals surface area contributed by atoms with Gasteiger partial charge in [0, 0.05) is 12.2 Å². The van der Waals surface area contributed by atoms with E-state index in [0.29, 0.717) is 17.8 Å². The number of carbonyl (C=O) groups is 1. The van der Waals surface area contributed by atoms with Crippen LogP contribution in [-0.4, -0.2) is 12.5 Å². The molecule has 1 amide bonds. The zero-order valence-corrected chi connectivity index (χ0v) is 7.92. The Kier molecular flexibility index (Phi) is 2.90. The van der Waals surface area contributed by atoms with Crippen molar-refractivity contribution in [1.82, 2.24) is 5.32 Å². The maximum absolute atomic E-state index is 11.4. The van der Waals surface area contributed by atoms with Crippen molar-refractivity contribution in [2.45, 2.75) is 13.8 Å². The number of amides is 1. The summed E-state index contributed by atoms with van der Waals surface area (Å²) in [5.74, 6) is -0.108. The molecule has 0 bridgehead atoms. The topological polar surface area (TPSA) is 55.1 Å². The standard InChI is InChI=1S/C10H14N2O/c1-3-12-10(13)8-6-4-5-7(2)9(8)11/h4-6H,3,11H2,1-2H3,(H,12,13). The minimum atomic E-state index is -0.108. The Labute approximate surface area is 77.9 Å². The Morgan fingerprint density at radius 3 is 2.85 bits per heavy atom. The molecule has 3 N–H and O–H groups in total. The Morgan fingerprint density at radius 1 is 1.54 bits per heavy atom. The molecular weight excluding hydrogens is 164 g/mol. The molecule has 1 aromatic carbocycles. The number of hydrogen-bond acceptors (Lipinski definition) is 2. The molecule has 0 radical (unpaired) electrons. The van der Waals surface area contributed by atoms with E-state index in [-0.39, 0.29) is 5.91 Å². The van der Waals surface area contributed by atoms with E-state index in [1.165, 1.54) is 0 Å². The first-order chi connectivity index (χ1) is 6.16. The Bertz CT molecular complexity index is 321. The van der Waals surface area contributed by atoms with Gasteiger partial charge in [0.15, 0.2) is 0 Å². The van der Waals surface area contributed by atoms with E-state index in [1.807, 2.05) is 26.0 Å². The van der Waals surface area contributed by atoms with Crippen molar-refractivity contribution in [3.63, 3.8) is 0 Å². The van der Waals surface area contributed by atoms with Gasteiger partial charge in [-0.05, 0) is 25.5 Å². The van der Waals surface area contributed by atoms with Crippen LogP contribution in [0.1, 0.15) is 22.8 Å². The lowest BCUT2D eigenvalue weighted by molar-refractivity contribution is 0.0956. The molecule has 0 aliphatic carbocycles. The molecule has 0 aliphatic rings. The molecule has 70 valence electrons. The maximum Gasteiger partial charge on any atom is 0.253 e. The first-order valence-corrected chi connectivity index (χ1v) is 4.30. The molecule has 13 heavy (non-hydrogen) atoms. The maximum atomic E-state index is 11.4. The third-order valence-corrected chi connectivity index (χ3v) is 1.91. The summed E-state index contributed by atoms with van der Waals surface area (Å²) < 4.78 is 0. The van der Waals surface area contributed by atoms with Crippen molar-refractivity contribution >= 4 is 11.6 Å². The lowest BCUT2D eigenvalue weighted by Gasteiger charge is -2.07. The fourth-order valence-corrected chi connectivity index (χ4v) is 1.13. The summed E-state index contributed by atoms with van der Waals surface area (Å²) in [6, 6.07) is 5.45. The second-order valence-corrected chi connectivity index (χ2v) is 2.90. The van der Waals surface area contributed by atoms with Gasteiger partial charge in [-0.3, -0.25) is 4.79 Å². The van der Waals surface area contributed by atoms with E-state index in [0.717, 1.165) is 5.56 Å². The fraction of sp³-hybridized carbons (Fsp3) is 0.300. The van der Waals surface area contributed by atoms with Crippen LogP contribution in [0.3, 0.4) is 0 Å². The van der Waals surface area contributed by atoms with Crippen LogP contribution >= 0.6 is 0 Å². The number of rotatable bonds is 2. The molecule has 0 atom stereocenters. The molecule has 1 aromatic rings. The van der Waals surface area contributed by atoms with Crippen LogP contribution in [0.2, 0.25) is 0 Å². The van der Waals surface area contributed by atoms with Crippen LogP contribution in [0, 0.1) is 6.92 Å². The van der Waals surface area contributed by atoms with E-state index in [4.69, 9.17) is 5.73 Å². The third kappa shape index (κ3) is 1.99. The quantitative estimate of drug-likeness (QED) is 0.671. The van der Waals surface area contributed by atoms with Gasteiger partial charge in [-0.1, -0.05) is 12.1 Å². The largest absolute Gasteiger partial charge is 0.398 e. The molecule has 0 aliphatic heterocycles. The number of aryl methyl sites for hydroxylation is 1. The van der Waals surface area contributed by atoms with E-state index < -0.39 is 0 Å². The second-order valence-electron chi connectivity index (χ2n) is 2.90. The molecule has 0 saturated carbocycles. The SMILES string of the molecule is CCNC(=O)c1cccc(C)c1N. The summed E-state index contributed by atoms with van der Waals surface area (Å²) in [6.07, 6.45) is 0. The van der Waals surface area contributed by atoms with Gasteiger partial charge in [0.2, 0.25) is 0 Å². The van der Waals surface area contributed by atoms with Crippen LogP contribution in [0.5, 0.6) is 0 Å². The van der Waals surface area contributed by atoms with Gasteiger partial charge in [0.25, 0.3) is 5.91 Å². The van der Waals surface area contributed by atoms with E-state index in [1.54, 1.807) is 6.07 Å². The van der Waals surface area contributed by atoms with Crippen molar-refractivity contribution < 1.29 is 4.79 Å². The van der Waals surface area contributed by atoms with Crippen molar-refractivity contribution in [2.75, 3.05) is 12.3 Å². The normalized spacial score (nSPS) is 9.69. The highest BCUT2D eigenvalue weighted by molar-refractivity contribution is 5.99. The van der Waals surface area contributed by atoms with Gasteiger partial charge in [0.1, 0.15) is 0 Å². The molecule has 3 heteroatoms. The van der Waals surface area contributed by atoms with Crippen LogP contribution in [0.25, 0.3) is 0 Å². The van der Waals surface area contributed by atoms with Gasteiger partial charge in [-0.25, -0.2) is 0 Å². The number of anilines is 1. The minimum Gasteiger partial charge on any atom is -0.398 e. The molecule has 3 nitrogen and oxygen atoms in total. The molecular formula is C10H14N2O. The number of nitrogens with one attached hydrogen (secondary N) is 1. The summed E-state index contributed by atoms with van der Waals surface area (Å²) in [6.45, 7) is 4.38. The molecule has 0 unspecified atom stereocenters. The first-order valence-electron chi connectivity index (χ1n) is 4.30. The average molecular weight is 178 g/mol. The highest BCUT2D eigenvalue weighted by Gasteiger charge is 2.08. The lowest BCUT2D eigenvalue weighted by atomic mass is 10.1. The van der Waals surface area contributed by atoms with E-state index in [2.05, 4.69) is 5.32 Å². The third-order valence-electron chi connectivity index (χ3n) is 1.91. The number of nitrogens with two attached hydrogens (primary N) is 1. The van der Waals surface area contributed by atoms with Gasteiger partial charge in [-0.2, -0.15) is 0 Å². The first kappa shape index (κ1) is 9.58. The monoisotopic (exact) mass is 178 g/mol. The Balaban J connectivity index is 3.01. The van der Waals surface area contributed by atoms with Crippen LogP contribution in [0.15, 0.2) is 18.2 Å². The van der Waals surface area contributed by atoms with E-state index in [9.17, 15) is 4.79 Å². The Hall–Kier alpha value is -1.51. The van der Waals surface area contributed by atoms with Crippen LogP contribution < -0.4 is 11.1 Å². The van der Waals surface area contributed by atoms with E-state index >= 15 is 0 Å². The van der Waals surface area contributed by atoms with Crippen molar-refractivity contribution in [2.24, 2.45) is 0 Å². The highest BCUT2D eigenvalue weighted by Crippen LogP contribution is 2.15. The molecule has 0 heterocycles. The van der Waals surface area contributed by atoms with Gasteiger partial charge < -0.3 is 11.1 Å². The smallest absolute Gasteiger partial charge is 0.253 e. The van der Waals surface area contributed by atoms with Crippen molar-refractivity contribution in [3.05, 3.63) is 29.3 Å². The summed E-state index contributed by atoms with van der Waals surface area (Å²) in [5.41, 5.74) is 7.81. The number of carbonyl (C=O) groups excluding carboxylic acids is 1. The number of hydrogen-bond donors (Lipinski definition) is 2. The van der Waals surface area contributed by atoms with Crippen molar-refractivity contribution in [3.8, 4) is 0 Å². The number of nitrogen functional groups attached to an aromatic ring is 1. The van der Waals surface area contributed by atoms with Crippen LogP contribution in [0.4, 0.5) is 5.69 Å². The van der Waals surface area contributed by atoms with Gasteiger partial charge in [-0.15, -0.1) is 0 Å². The summed E-state index contributed by atoms with van der Waals surface area (Å²) in [7, 11) is 0. The molecule has 1 rings (SSSR count). The number of benzene rings is 1. The van der Waals surface area contributed by atoms with Gasteiger partial charge >= 0.3 is 0 Å². The molecule has 0 spiro atoms.